The van der Waals surface area contributed by atoms with Crippen LogP contribution in [0.25, 0.3) is 11.0 Å². The predicted octanol–water partition coefficient (Wildman–Crippen LogP) is 4.64. The number of nitrogens with one attached hydrogen (secondary N) is 1. The van der Waals surface area contributed by atoms with Crippen molar-refractivity contribution in [3.8, 4) is 0 Å². The third kappa shape index (κ3) is 4.66. The van der Waals surface area contributed by atoms with Crippen molar-refractivity contribution >= 4 is 28.5 Å². The van der Waals surface area contributed by atoms with Crippen LogP contribution in [-0.4, -0.2) is 22.0 Å². The SMILES string of the molecule is O=C(Cc1ccccc1)NCCc1nc2ccccc2n1Cc1ccccc1Cl. The first-order valence-corrected chi connectivity index (χ1v) is 10.1. The van der Waals surface area contributed by atoms with Crippen LogP contribution in [0.4, 0.5) is 0 Å². The molecule has 0 saturated carbocycles. The number of carbonyl (C=O) groups is 1. The third-order valence-electron chi connectivity index (χ3n) is 4.90. The molecule has 4 nitrogen and oxygen atoms in total. The van der Waals surface area contributed by atoms with Gasteiger partial charge in [-0.15, -0.1) is 0 Å². The summed E-state index contributed by atoms with van der Waals surface area (Å²) in [6, 6.07) is 25.7. The first-order valence-electron chi connectivity index (χ1n) is 9.69. The van der Waals surface area contributed by atoms with E-state index in [9.17, 15) is 4.79 Å². The summed E-state index contributed by atoms with van der Waals surface area (Å²) < 4.78 is 2.18. The van der Waals surface area contributed by atoms with Gasteiger partial charge in [-0.05, 0) is 29.3 Å². The van der Waals surface area contributed by atoms with Gasteiger partial charge in [-0.1, -0.05) is 72.3 Å². The minimum absolute atomic E-state index is 0.0185. The minimum Gasteiger partial charge on any atom is -0.355 e. The number of benzene rings is 3. The number of fused-ring (bicyclic) bond motifs is 1. The second kappa shape index (κ2) is 8.93. The second-order valence-corrected chi connectivity index (χ2v) is 7.36. The Labute approximate surface area is 175 Å². The lowest BCUT2D eigenvalue weighted by Gasteiger charge is -2.11. The summed E-state index contributed by atoms with van der Waals surface area (Å²) in [5.41, 5.74) is 4.07. The van der Waals surface area contributed by atoms with E-state index in [-0.39, 0.29) is 5.91 Å². The number of halogens is 1. The topological polar surface area (TPSA) is 46.9 Å². The molecule has 0 spiro atoms. The monoisotopic (exact) mass is 403 g/mol. The predicted molar refractivity (Wildman–Crippen MR) is 117 cm³/mol. The lowest BCUT2D eigenvalue weighted by Crippen LogP contribution is -2.28. The van der Waals surface area contributed by atoms with Gasteiger partial charge in [0, 0.05) is 18.0 Å². The number of para-hydroxylation sites is 2. The summed E-state index contributed by atoms with van der Waals surface area (Å²) in [7, 11) is 0. The van der Waals surface area contributed by atoms with E-state index in [0.29, 0.717) is 25.9 Å². The third-order valence-corrected chi connectivity index (χ3v) is 5.27. The Morgan fingerprint density at radius 1 is 0.931 bits per heavy atom. The molecule has 0 radical (unpaired) electrons. The van der Waals surface area contributed by atoms with Gasteiger partial charge in [-0.3, -0.25) is 4.79 Å². The average molecular weight is 404 g/mol. The Morgan fingerprint density at radius 3 is 2.48 bits per heavy atom. The lowest BCUT2D eigenvalue weighted by atomic mass is 10.1. The van der Waals surface area contributed by atoms with Gasteiger partial charge in [0.2, 0.25) is 5.91 Å². The smallest absolute Gasteiger partial charge is 0.224 e. The molecule has 3 aromatic carbocycles. The fourth-order valence-electron chi connectivity index (χ4n) is 3.45. The van der Waals surface area contributed by atoms with Crippen molar-refractivity contribution in [3.05, 3.63) is 101 Å². The number of amides is 1. The number of carbonyl (C=O) groups excluding carboxylic acids is 1. The van der Waals surface area contributed by atoms with Crippen LogP contribution in [0.3, 0.4) is 0 Å². The Kier molecular flexibility index (Phi) is 5.92. The van der Waals surface area contributed by atoms with Crippen LogP contribution in [-0.2, 0) is 24.2 Å². The van der Waals surface area contributed by atoms with E-state index in [1.165, 1.54) is 0 Å². The van der Waals surface area contributed by atoms with Crippen LogP contribution in [0.2, 0.25) is 5.02 Å². The summed E-state index contributed by atoms with van der Waals surface area (Å²) in [6.07, 6.45) is 1.04. The van der Waals surface area contributed by atoms with Gasteiger partial charge in [0.1, 0.15) is 5.82 Å². The summed E-state index contributed by atoms with van der Waals surface area (Å²) in [4.78, 5) is 17.0. The highest BCUT2D eigenvalue weighted by Crippen LogP contribution is 2.22. The van der Waals surface area contributed by atoms with E-state index in [4.69, 9.17) is 16.6 Å². The molecule has 0 fully saturated rings. The molecule has 0 bridgehead atoms. The lowest BCUT2D eigenvalue weighted by molar-refractivity contribution is -0.120. The fraction of sp³-hybridized carbons (Fsp3) is 0.167. The molecule has 4 rings (SSSR count). The molecule has 1 N–H and O–H groups in total. The zero-order valence-electron chi connectivity index (χ0n) is 16.0. The molecule has 0 atom stereocenters. The first kappa shape index (κ1) is 19.2. The van der Waals surface area contributed by atoms with Gasteiger partial charge in [0.05, 0.1) is 24.0 Å². The summed E-state index contributed by atoms with van der Waals surface area (Å²) in [5, 5.41) is 3.75. The second-order valence-electron chi connectivity index (χ2n) is 6.96. The van der Waals surface area contributed by atoms with E-state index in [1.54, 1.807) is 0 Å². The highest BCUT2D eigenvalue weighted by molar-refractivity contribution is 6.31. The molecular formula is C24H22ClN3O. The van der Waals surface area contributed by atoms with E-state index in [1.807, 2.05) is 72.8 Å². The number of rotatable bonds is 7. The quantitative estimate of drug-likeness (QED) is 0.488. The molecule has 0 unspecified atom stereocenters. The van der Waals surface area contributed by atoms with Crippen molar-refractivity contribution in [1.29, 1.82) is 0 Å². The van der Waals surface area contributed by atoms with Crippen LogP contribution in [0, 0.1) is 0 Å². The van der Waals surface area contributed by atoms with E-state index >= 15 is 0 Å². The number of hydrogen-bond donors (Lipinski definition) is 1. The van der Waals surface area contributed by atoms with E-state index < -0.39 is 0 Å². The van der Waals surface area contributed by atoms with Crippen LogP contribution in [0.15, 0.2) is 78.9 Å². The number of aromatic nitrogens is 2. The van der Waals surface area contributed by atoms with Gasteiger partial charge < -0.3 is 9.88 Å². The molecule has 4 aromatic rings. The van der Waals surface area contributed by atoms with Gasteiger partial charge in [-0.2, -0.15) is 0 Å². The number of nitrogens with zero attached hydrogens (tertiary/aromatic N) is 2. The van der Waals surface area contributed by atoms with Gasteiger partial charge in [-0.25, -0.2) is 4.98 Å². The van der Waals surface area contributed by atoms with Crippen molar-refractivity contribution in [3.63, 3.8) is 0 Å². The summed E-state index contributed by atoms with van der Waals surface area (Å²) >= 11 is 6.38. The maximum absolute atomic E-state index is 12.2. The zero-order chi connectivity index (χ0) is 20.1. The maximum atomic E-state index is 12.2. The highest BCUT2D eigenvalue weighted by Gasteiger charge is 2.12. The summed E-state index contributed by atoms with van der Waals surface area (Å²) in [6.45, 7) is 1.19. The van der Waals surface area contributed by atoms with Gasteiger partial charge >= 0.3 is 0 Å². The number of imidazole rings is 1. The molecule has 1 aromatic heterocycles. The van der Waals surface area contributed by atoms with Gasteiger partial charge in [0.25, 0.3) is 0 Å². The molecule has 0 aliphatic rings. The van der Waals surface area contributed by atoms with Crippen molar-refractivity contribution in [2.75, 3.05) is 6.54 Å². The van der Waals surface area contributed by atoms with E-state index in [2.05, 4.69) is 16.0 Å². The van der Waals surface area contributed by atoms with Crippen molar-refractivity contribution in [2.45, 2.75) is 19.4 Å². The van der Waals surface area contributed by atoms with Crippen molar-refractivity contribution in [2.24, 2.45) is 0 Å². The normalized spacial score (nSPS) is 10.9. The Balaban J connectivity index is 1.48. The molecule has 0 saturated heterocycles. The molecule has 0 aliphatic carbocycles. The van der Waals surface area contributed by atoms with Crippen LogP contribution in [0.5, 0.6) is 0 Å². The molecule has 1 amide bonds. The first-order chi connectivity index (χ1) is 14.2. The fourth-order valence-corrected chi connectivity index (χ4v) is 3.64. The molecule has 0 aliphatic heterocycles. The summed E-state index contributed by atoms with van der Waals surface area (Å²) in [5.74, 6) is 0.955. The highest BCUT2D eigenvalue weighted by atomic mass is 35.5. The van der Waals surface area contributed by atoms with Crippen molar-refractivity contribution in [1.82, 2.24) is 14.9 Å². The molecule has 146 valence electrons. The van der Waals surface area contributed by atoms with Crippen LogP contribution in [0.1, 0.15) is 17.0 Å². The number of hydrogen-bond acceptors (Lipinski definition) is 2. The largest absolute Gasteiger partial charge is 0.355 e. The van der Waals surface area contributed by atoms with E-state index in [0.717, 1.165) is 33.0 Å². The molecular weight excluding hydrogens is 382 g/mol. The average Bonchev–Trinajstić information content (AvgIpc) is 3.08. The standard InChI is InChI=1S/C24H22ClN3O/c25-20-11-5-4-10-19(20)17-28-22-13-7-6-12-21(22)27-23(28)14-15-26-24(29)16-18-8-2-1-3-9-18/h1-13H,14-17H2,(H,26,29). The molecule has 29 heavy (non-hydrogen) atoms. The van der Waals surface area contributed by atoms with Crippen LogP contribution >= 0.6 is 11.6 Å². The molecule has 5 heteroatoms. The Bertz CT molecular complexity index is 1120. The molecule has 1 heterocycles. The Hall–Kier alpha value is -3.11. The minimum atomic E-state index is 0.0185. The Morgan fingerprint density at radius 2 is 1.66 bits per heavy atom. The zero-order valence-corrected chi connectivity index (χ0v) is 16.8. The van der Waals surface area contributed by atoms with Gasteiger partial charge in [0.15, 0.2) is 0 Å². The van der Waals surface area contributed by atoms with Crippen molar-refractivity contribution < 1.29 is 4.79 Å². The van der Waals surface area contributed by atoms with Crippen LogP contribution < -0.4 is 5.32 Å². The maximum Gasteiger partial charge on any atom is 0.224 e.